The zero-order valence-electron chi connectivity index (χ0n) is 14.4. The molecular formula is C19H27N3OS. The lowest BCUT2D eigenvalue weighted by atomic mass is 9.99. The fraction of sp³-hybridized carbons (Fsp3) is 0.526. The van der Waals surface area contributed by atoms with Crippen LogP contribution in [0.2, 0.25) is 0 Å². The van der Waals surface area contributed by atoms with Crippen molar-refractivity contribution in [3.63, 3.8) is 0 Å². The number of hydrogen-bond acceptors (Lipinski definition) is 5. The minimum atomic E-state index is 0.326. The second-order valence-corrected chi connectivity index (χ2v) is 7.73. The van der Waals surface area contributed by atoms with E-state index < -0.39 is 0 Å². The van der Waals surface area contributed by atoms with E-state index in [0.29, 0.717) is 12.5 Å². The molecule has 0 saturated carbocycles. The van der Waals surface area contributed by atoms with E-state index in [1.54, 1.807) is 11.3 Å². The fourth-order valence-corrected chi connectivity index (χ4v) is 4.25. The van der Waals surface area contributed by atoms with Crippen molar-refractivity contribution < 1.29 is 5.11 Å². The van der Waals surface area contributed by atoms with E-state index in [1.165, 1.54) is 28.8 Å². The van der Waals surface area contributed by atoms with Gasteiger partial charge >= 0.3 is 0 Å². The molecular weight excluding hydrogens is 318 g/mol. The fourth-order valence-electron chi connectivity index (χ4n) is 3.28. The van der Waals surface area contributed by atoms with Gasteiger partial charge in [0.2, 0.25) is 0 Å². The molecule has 1 aliphatic heterocycles. The molecule has 3 rings (SSSR count). The first-order valence-corrected chi connectivity index (χ1v) is 9.62. The lowest BCUT2D eigenvalue weighted by Gasteiger charge is -2.31. The third kappa shape index (κ3) is 4.63. The van der Waals surface area contributed by atoms with Crippen LogP contribution in [-0.4, -0.2) is 47.8 Å². The summed E-state index contributed by atoms with van der Waals surface area (Å²) in [5.74, 6) is 0.469. The highest BCUT2D eigenvalue weighted by atomic mass is 32.1. The molecule has 1 fully saturated rings. The summed E-state index contributed by atoms with van der Waals surface area (Å²) in [5.41, 5.74) is 2.51. The molecule has 4 nitrogen and oxygen atoms in total. The molecule has 0 aliphatic carbocycles. The van der Waals surface area contributed by atoms with Crippen molar-refractivity contribution >= 4 is 11.3 Å². The van der Waals surface area contributed by atoms with Crippen molar-refractivity contribution in [2.45, 2.75) is 26.3 Å². The van der Waals surface area contributed by atoms with Crippen LogP contribution in [0.25, 0.3) is 10.6 Å². The normalized spacial score (nSPS) is 18.8. The zero-order valence-corrected chi connectivity index (χ0v) is 15.2. The first-order valence-electron chi connectivity index (χ1n) is 8.81. The summed E-state index contributed by atoms with van der Waals surface area (Å²) in [6, 6.07) is 8.41. The predicted octanol–water partition coefficient (Wildman–Crippen LogP) is 2.91. The minimum Gasteiger partial charge on any atom is -0.396 e. The Morgan fingerprint density at radius 1 is 1.38 bits per heavy atom. The molecule has 5 heteroatoms. The molecule has 2 aromatic rings. The van der Waals surface area contributed by atoms with Gasteiger partial charge in [-0.2, -0.15) is 0 Å². The summed E-state index contributed by atoms with van der Waals surface area (Å²) in [6.45, 7) is 7.57. The van der Waals surface area contributed by atoms with Crippen LogP contribution in [0, 0.1) is 12.8 Å². The van der Waals surface area contributed by atoms with Gasteiger partial charge in [-0.25, -0.2) is 4.98 Å². The number of nitrogens with one attached hydrogen (secondary N) is 1. The van der Waals surface area contributed by atoms with Crippen molar-refractivity contribution in [3.8, 4) is 10.6 Å². The maximum Gasteiger partial charge on any atom is 0.123 e. The molecule has 1 aromatic carbocycles. The van der Waals surface area contributed by atoms with Gasteiger partial charge in [0.1, 0.15) is 5.01 Å². The maximum absolute atomic E-state index is 9.30. The number of likely N-dealkylation sites (tertiary alicyclic amines) is 1. The van der Waals surface area contributed by atoms with Gasteiger partial charge in [0.15, 0.2) is 0 Å². The molecule has 1 saturated heterocycles. The third-order valence-electron chi connectivity index (χ3n) is 4.69. The molecule has 1 aliphatic rings. The van der Waals surface area contributed by atoms with Crippen LogP contribution in [-0.2, 0) is 6.54 Å². The van der Waals surface area contributed by atoms with Crippen LogP contribution in [0.15, 0.2) is 30.5 Å². The Morgan fingerprint density at radius 2 is 2.25 bits per heavy atom. The number of piperidine rings is 1. The molecule has 0 radical (unpaired) electrons. The predicted molar refractivity (Wildman–Crippen MR) is 100 cm³/mol. The van der Waals surface area contributed by atoms with E-state index in [0.717, 1.165) is 37.7 Å². The maximum atomic E-state index is 9.30. The first-order chi connectivity index (χ1) is 11.8. The van der Waals surface area contributed by atoms with Crippen LogP contribution in [0.5, 0.6) is 0 Å². The average molecular weight is 346 g/mol. The van der Waals surface area contributed by atoms with Gasteiger partial charge in [-0.3, -0.25) is 0 Å². The van der Waals surface area contributed by atoms with E-state index >= 15 is 0 Å². The first kappa shape index (κ1) is 17.5. The van der Waals surface area contributed by atoms with Crippen molar-refractivity contribution in [2.24, 2.45) is 5.92 Å². The van der Waals surface area contributed by atoms with Gasteiger partial charge in [-0.15, -0.1) is 11.3 Å². The van der Waals surface area contributed by atoms with Crippen LogP contribution in [0.4, 0.5) is 0 Å². The molecule has 0 spiro atoms. The Hall–Kier alpha value is -1.27. The van der Waals surface area contributed by atoms with Crippen molar-refractivity contribution in [1.82, 2.24) is 15.2 Å². The van der Waals surface area contributed by atoms with Crippen LogP contribution in [0.3, 0.4) is 0 Å². The summed E-state index contributed by atoms with van der Waals surface area (Å²) >= 11 is 1.77. The van der Waals surface area contributed by atoms with Crippen molar-refractivity contribution in [2.75, 3.05) is 32.8 Å². The minimum absolute atomic E-state index is 0.326. The average Bonchev–Trinajstić information content (AvgIpc) is 3.08. The Kier molecular flexibility index (Phi) is 6.37. The van der Waals surface area contributed by atoms with E-state index in [9.17, 15) is 5.11 Å². The number of thiazole rings is 1. The van der Waals surface area contributed by atoms with Gasteiger partial charge in [-0.05, 0) is 37.8 Å². The molecule has 2 N–H and O–H groups in total. The number of nitrogens with zero attached hydrogens (tertiary/aromatic N) is 2. The van der Waals surface area contributed by atoms with Crippen molar-refractivity contribution in [3.05, 3.63) is 40.9 Å². The Labute approximate surface area is 148 Å². The van der Waals surface area contributed by atoms with Crippen molar-refractivity contribution in [1.29, 1.82) is 0 Å². The SMILES string of the molecule is Cc1ccccc1-c1ncc(CNCCN2CCCC(CO)C2)s1. The van der Waals surface area contributed by atoms with E-state index in [4.69, 9.17) is 0 Å². The van der Waals surface area contributed by atoms with Gasteiger partial charge < -0.3 is 15.3 Å². The van der Waals surface area contributed by atoms with Gasteiger partial charge in [0, 0.05) is 49.4 Å². The summed E-state index contributed by atoms with van der Waals surface area (Å²) in [4.78, 5) is 8.32. The zero-order chi connectivity index (χ0) is 16.8. The molecule has 130 valence electrons. The smallest absolute Gasteiger partial charge is 0.123 e. The number of aliphatic hydroxyl groups is 1. The summed E-state index contributed by atoms with van der Waals surface area (Å²) in [5, 5.41) is 13.9. The molecule has 1 unspecified atom stereocenters. The largest absolute Gasteiger partial charge is 0.396 e. The van der Waals surface area contributed by atoms with E-state index in [2.05, 4.69) is 46.4 Å². The summed E-state index contributed by atoms with van der Waals surface area (Å²) < 4.78 is 0. The number of rotatable bonds is 7. The monoisotopic (exact) mass is 345 g/mol. The van der Waals surface area contributed by atoms with Crippen LogP contribution in [0.1, 0.15) is 23.3 Å². The number of benzene rings is 1. The molecule has 1 aromatic heterocycles. The highest BCUT2D eigenvalue weighted by Crippen LogP contribution is 2.27. The highest BCUT2D eigenvalue weighted by molar-refractivity contribution is 7.15. The molecule has 0 bridgehead atoms. The standard InChI is InChI=1S/C19H27N3OS/c1-15-5-2-3-7-18(15)19-21-12-17(24-19)11-20-8-10-22-9-4-6-16(13-22)14-23/h2-3,5,7,12,16,20,23H,4,6,8-11,13-14H2,1H3. The molecule has 2 heterocycles. The Morgan fingerprint density at radius 3 is 3.08 bits per heavy atom. The van der Waals surface area contributed by atoms with Gasteiger partial charge in [0.05, 0.1) is 0 Å². The molecule has 1 atom stereocenters. The lowest BCUT2D eigenvalue weighted by molar-refractivity contribution is 0.121. The number of aliphatic hydroxyl groups excluding tert-OH is 1. The van der Waals surface area contributed by atoms with Gasteiger partial charge in [-0.1, -0.05) is 24.3 Å². The number of hydrogen-bond donors (Lipinski definition) is 2. The highest BCUT2D eigenvalue weighted by Gasteiger charge is 2.18. The Bertz CT molecular complexity index is 643. The topological polar surface area (TPSA) is 48.4 Å². The summed E-state index contributed by atoms with van der Waals surface area (Å²) in [7, 11) is 0. The Balaban J connectivity index is 1.44. The molecule has 0 amide bonds. The third-order valence-corrected chi connectivity index (χ3v) is 5.72. The number of aromatic nitrogens is 1. The van der Waals surface area contributed by atoms with Crippen LogP contribution < -0.4 is 5.32 Å². The summed E-state index contributed by atoms with van der Waals surface area (Å²) in [6.07, 6.45) is 4.37. The molecule has 24 heavy (non-hydrogen) atoms. The van der Waals surface area contributed by atoms with E-state index in [1.807, 2.05) is 6.20 Å². The quantitative estimate of drug-likeness (QED) is 0.758. The van der Waals surface area contributed by atoms with Gasteiger partial charge in [0.25, 0.3) is 0 Å². The lowest BCUT2D eigenvalue weighted by Crippen LogP contribution is -2.40. The van der Waals surface area contributed by atoms with Crippen LogP contribution >= 0.6 is 11.3 Å². The second-order valence-electron chi connectivity index (χ2n) is 6.61. The number of aryl methyl sites for hydroxylation is 1. The second kappa shape index (κ2) is 8.72. The van der Waals surface area contributed by atoms with E-state index in [-0.39, 0.29) is 0 Å².